The normalized spacial score (nSPS) is 33.2. The maximum absolute atomic E-state index is 8.76. The second-order valence-corrected chi connectivity index (χ2v) is 4.87. The smallest absolute Gasteiger partial charge is 0.0431 e. The second kappa shape index (κ2) is 5.13. The van der Waals surface area contributed by atoms with Gasteiger partial charge in [-0.25, -0.2) is 0 Å². The van der Waals surface area contributed by atoms with Gasteiger partial charge in [0, 0.05) is 12.6 Å². The third kappa shape index (κ3) is 2.29. The van der Waals surface area contributed by atoms with Gasteiger partial charge in [-0.2, -0.15) is 0 Å². The second-order valence-electron chi connectivity index (χ2n) is 4.87. The van der Waals surface area contributed by atoms with Crippen LogP contribution < -0.4 is 0 Å². The van der Waals surface area contributed by atoms with Gasteiger partial charge in [0.2, 0.25) is 0 Å². The van der Waals surface area contributed by atoms with Crippen molar-refractivity contribution in [2.75, 3.05) is 19.7 Å². The van der Waals surface area contributed by atoms with Crippen molar-refractivity contribution in [1.82, 2.24) is 4.90 Å². The predicted molar refractivity (Wildman–Crippen MR) is 58.3 cm³/mol. The number of hydrogen-bond acceptors (Lipinski definition) is 2. The minimum absolute atomic E-state index is 0.363. The summed E-state index contributed by atoms with van der Waals surface area (Å²) in [4.78, 5) is 2.69. The number of likely N-dealkylation sites (tertiary alicyclic amines) is 1. The summed E-state index contributed by atoms with van der Waals surface area (Å²) in [6.07, 6.45) is 9.39. The lowest BCUT2D eigenvalue weighted by atomic mass is 9.92. The zero-order valence-corrected chi connectivity index (χ0v) is 9.12. The van der Waals surface area contributed by atoms with E-state index in [1.165, 1.54) is 51.6 Å². The van der Waals surface area contributed by atoms with Crippen molar-refractivity contribution in [3.8, 4) is 0 Å². The number of fused-ring (bicyclic) bond motifs is 1. The molecule has 0 radical (unpaired) electrons. The van der Waals surface area contributed by atoms with Crippen molar-refractivity contribution >= 4 is 0 Å². The molecule has 1 saturated carbocycles. The van der Waals surface area contributed by atoms with Crippen molar-refractivity contribution in [2.45, 2.75) is 51.0 Å². The molecule has 2 unspecified atom stereocenters. The summed E-state index contributed by atoms with van der Waals surface area (Å²) >= 11 is 0. The Morgan fingerprint density at radius 3 is 2.79 bits per heavy atom. The molecule has 2 nitrogen and oxygen atoms in total. The van der Waals surface area contributed by atoms with E-state index in [0.29, 0.717) is 6.61 Å². The van der Waals surface area contributed by atoms with Crippen LogP contribution in [0.3, 0.4) is 0 Å². The lowest BCUT2D eigenvalue weighted by Crippen LogP contribution is -2.42. The van der Waals surface area contributed by atoms with Crippen LogP contribution >= 0.6 is 0 Å². The van der Waals surface area contributed by atoms with Crippen LogP contribution in [0.4, 0.5) is 0 Å². The first-order valence-electron chi connectivity index (χ1n) is 6.26. The summed E-state index contributed by atoms with van der Waals surface area (Å²) in [5, 5.41) is 8.76. The van der Waals surface area contributed by atoms with E-state index >= 15 is 0 Å². The maximum Gasteiger partial charge on any atom is 0.0431 e. The van der Waals surface area contributed by atoms with Crippen LogP contribution in [-0.4, -0.2) is 35.7 Å². The fourth-order valence-corrected chi connectivity index (χ4v) is 3.26. The van der Waals surface area contributed by atoms with Crippen LogP contribution in [-0.2, 0) is 0 Å². The third-order valence-electron chi connectivity index (χ3n) is 3.96. The van der Waals surface area contributed by atoms with Crippen LogP contribution in [0.1, 0.15) is 44.9 Å². The van der Waals surface area contributed by atoms with Gasteiger partial charge in [-0.1, -0.05) is 6.42 Å². The van der Waals surface area contributed by atoms with Gasteiger partial charge in [0.25, 0.3) is 0 Å². The molecule has 82 valence electrons. The Kier molecular flexibility index (Phi) is 3.82. The molecule has 1 N–H and O–H groups in total. The van der Waals surface area contributed by atoms with Crippen molar-refractivity contribution in [3.63, 3.8) is 0 Å². The molecule has 2 atom stereocenters. The Morgan fingerprint density at radius 1 is 1.07 bits per heavy atom. The van der Waals surface area contributed by atoms with Gasteiger partial charge >= 0.3 is 0 Å². The van der Waals surface area contributed by atoms with Crippen LogP contribution in [0.2, 0.25) is 0 Å². The molecule has 0 bridgehead atoms. The predicted octanol–water partition coefficient (Wildman–Crippen LogP) is 2.02. The Balaban J connectivity index is 1.78. The lowest BCUT2D eigenvalue weighted by Gasteiger charge is -2.37. The minimum atomic E-state index is 0.363. The molecule has 1 heterocycles. The zero-order chi connectivity index (χ0) is 9.80. The molecule has 2 aliphatic rings. The molecule has 14 heavy (non-hydrogen) atoms. The summed E-state index contributed by atoms with van der Waals surface area (Å²) in [5.41, 5.74) is 0. The van der Waals surface area contributed by atoms with Crippen molar-refractivity contribution in [1.29, 1.82) is 0 Å². The number of piperidine rings is 1. The van der Waals surface area contributed by atoms with E-state index in [-0.39, 0.29) is 0 Å². The highest BCUT2D eigenvalue weighted by Crippen LogP contribution is 2.36. The highest BCUT2D eigenvalue weighted by atomic mass is 16.2. The van der Waals surface area contributed by atoms with E-state index in [0.717, 1.165) is 18.4 Å². The number of nitrogens with zero attached hydrogens (tertiary/aromatic N) is 1. The molecule has 1 aliphatic heterocycles. The first kappa shape index (κ1) is 10.4. The highest BCUT2D eigenvalue weighted by molar-refractivity contribution is 4.88. The van der Waals surface area contributed by atoms with Crippen LogP contribution in [0.5, 0.6) is 0 Å². The standard InChI is InChI=1S/C12H23NO/c14-10-2-1-8-13-9-4-6-11-5-3-7-12(11)13/h11-12,14H,1-10H2. The van der Waals surface area contributed by atoms with Gasteiger partial charge in [0.1, 0.15) is 0 Å². The van der Waals surface area contributed by atoms with Gasteiger partial charge in [-0.15, -0.1) is 0 Å². The van der Waals surface area contributed by atoms with Gasteiger partial charge < -0.3 is 10.0 Å². The maximum atomic E-state index is 8.76. The fourth-order valence-electron chi connectivity index (χ4n) is 3.26. The van der Waals surface area contributed by atoms with E-state index in [4.69, 9.17) is 5.11 Å². The number of aliphatic hydroxyl groups is 1. The van der Waals surface area contributed by atoms with E-state index in [1.54, 1.807) is 0 Å². The summed E-state index contributed by atoms with van der Waals surface area (Å²) in [7, 11) is 0. The Hall–Kier alpha value is -0.0800. The highest BCUT2D eigenvalue weighted by Gasteiger charge is 2.34. The average Bonchev–Trinajstić information content (AvgIpc) is 2.67. The summed E-state index contributed by atoms with van der Waals surface area (Å²) in [5.74, 6) is 1.01. The molecule has 0 aromatic heterocycles. The molecule has 1 saturated heterocycles. The van der Waals surface area contributed by atoms with Crippen molar-refractivity contribution in [2.24, 2.45) is 5.92 Å². The topological polar surface area (TPSA) is 23.5 Å². The molecule has 0 amide bonds. The molecule has 2 fully saturated rings. The Labute approximate surface area is 87.3 Å². The number of unbranched alkanes of at least 4 members (excludes halogenated alkanes) is 1. The Morgan fingerprint density at radius 2 is 1.93 bits per heavy atom. The molecule has 0 aromatic rings. The van der Waals surface area contributed by atoms with Crippen molar-refractivity contribution < 1.29 is 5.11 Å². The van der Waals surface area contributed by atoms with Crippen LogP contribution in [0.25, 0.3) is 0 Å². The molecule has 2 heteroatoms. The van der Waals surface area contributed by atoms with Crippen LogP contribution in [0.15, 0.2) is 0 Å². The largest absolute Gasteiger partial charge is 0.396 e. The van der Waals surface area contributed by atoms with Gasteiger partial charge in [-0.3, -0.25) is 0 Å². The van der Waals surface area contributed by atoms with Gasteiger partial charge in [0.15, 0.2) is 0 Å². The number of rotatable bonds is 4. The molecule has 2 rings (SSSR count). The average molecular weight is 197 g/mol. The first-order valence-corrected chi connectivity index (χ1v) is 6.26. The minimum Gasteiger partial charge on any atom is -0.396 e. The molecule has 0 aromatic carbocycles. The zero-order valence-electron chi connectivity index (χ0n) is 9.12. The first-order chi connectivity index (χ1) is 6.92. The van der Waals surface area contributed by atoms with E-state index in [2.05, 4.69) is 4.90 Å². The summed E-state index contributed by atoms with van der Waals surface area (Å²) in [6.45, 7) is 2.90. The van der Waals surface area contributed by atoms with E-state index in [9.17, 15) is 0 Å². The third-order valence-corrected chi connectivity index (χ3v) is 3.96. The molecular formula is C12H23NO. The molecule has 0 spiro atoms. The fraction of sp³-hybridized carbons (Fsp3) is 1.00. The molecule has 1 aliphatic carbocycles. The van der Waals surface area contributed by atoms with E-state index < -0.39 is 0 Å². The summed E-state index contributed by atoms with van der Waals surface area (Å²) in [6, 6.07) is 0.905. The molecular weight excluding hydrogens is 174 g/mol. The summed E-state index contributed by atoms with van der Waals surface area (Å²) < 4.78 is 0. The quantitative estimate of drug-likeness (QED) is 0.697. The monoisotopic (exact) mass is 197 g/mol. The SMILES string of the molecule is OCCCCN1CCCC2CCCC21. The van der Waals surface area contributed by atoms with Crippen LogP contribution in [0, 0.1) is 5.92 Å². The van der Waals surface area contributed by atoms with Gasteiger partial charge in [-0.05, 0) is 57.5 Å². The lowest BCUT2D eigenvalue weighted by molar-refractivity contribution is 0.109. The Bertz CT molecular complexity index is 172. The van der Waals surface area contributed by atoms with Crippen molar-refractivity contribution in [3.05, 3.63) is 0 Å². The van der Waals surface area contributed by atoms with Gasteiger partial charge in [0.05, 0.1) is 0 Å². The number of aliphatic hydroxyl groups excluding tert-OH is 1. The van der Waals surface area contributed by atoms with E-state index in [1.807, 2.05) is 0 Å². The number of hydrogen-bond donors (Lipinski definition) is 1.